The molecule has 138 valence electrons. The highest BCUT2D eigenvalue weighted by atomic mass is 32.2. The minimum atomic E-state index is -3.74. The molecule has 0 unspecified atom stereocenters. The van der Waals surface area contributed by atoms with Crippen LogP contribution in [-0.2, 0) is 27.8 Å². The first-order valence-electron chi connectivity index (χ1n) is 8.46. The van der Waals surface area contributed by atoms with Crippen LogP contribution in [0.1, 0.15) is 20.8 Å². The minimum absolute atomic E-state index is 0.0878. The van der Waals surface area contributed by atoms with Crippen LogP contribution < -0.4 is 4.31 Å². The van der Waals surface area contributed by atoms with Gasteiger partial charge in [-0.3, -0.25) is 4.31 Å². The first-order valence-corrected chi connectivity index (χ1v) is 10.8. The fourth-order valence-electron chi connectivity index (χ4n) is 3.08. The van der Waals surface area contributed by atoms with E-state index in [0.717, 1.165) is 10.4 Å². The summed E-state index contributed by atoms with van der Waals surface area (Å²) in [6.07, 6.45) is 0.679. The zero-order chi connectivity index (χ0) is 18.9. The van der Waals surface area contributed by atoms with Crippen molar-refractivity contribution in [3.05, 3.63) is 82.0 Å². The van der Waals surface area contributed by atoms with Crippen LogP contribution in [-0.4, -0.2) is 20.9 Å². The number of benzene rings is 2. The summed E-state index contributed by atoms with van der Waals surface area (Å²) in [7, 11) is -3.74. The van der Waals surface area contributed by atoms with E-state index < -0.39 is 16.0 Å². The first kappa shape index (κ1) is 17.8. The molecular formula is C20H17NO4S2. The molecule has 0 saturated carbocycles. The van der Waals surface area contributed by atoms with Crippen molar-refractivity contribution in [1.82, 2.24) is 0 Å². The van der Waals surface area contributed by atoms with Crippen LogP contribution in [0.4, 0.5) is 5.69 Å². The summed E-state index contributed by atoms with van der Waals surface area (Å²) in [6, 6.07) is 17.2. The third-order valence-electron chi connectivity index (χ3n) is 4.43. The molecule has 2 heterocycles. The van der Waals surface area contributed by atoms with Crippen molar-refractivity contribution in [2.24, 2.45) is 0 Å². The van der Waals surface area contributed by atoms with Crippen molar-refractivity contribution in [3.63, 3.8) is 0 Å². The average Bonchev–Trinajstić information content (AvgIpc) is 3.36. The Morgan fingerprint density at radius 1 is 1.07 bits per heavy atom. The van der Waals surface area contributed by atoms with Gasteiger partial charge in [-0.25, -0.2) is 13.2 Å². The Balaban J connectivity index is 1.57. The summed E-state index contributed by atoms with van der Waals surface area (Å²) in [4.78, 5) is 13.3. The fraction of sp³-hybridized carbons (Fsp3) is 0.150. The third kappa shape index (κ3) is 3.48. The number of fused-ring (bicyclic) bond motifs is 1. The Labute approximate surface area is 161 Å². The van der Waals surface area contributed by atoms with Gasteiger partial charge in [0, 0.05) is 11.4 Å². The second kappa shape index (κ2) is 7.17. The van der Waals surface area contributed by atoms with Crippen molar-refractivity contribution in [2.75, 3.05) is 10.8 Å². The predicted molar refractivity (Wildman–Crippen MR) is 105 cm³/mol. The van der Waals surface area contributed by atoms with Gasteiger partial charge in [0.2, 0.25) is 0 Å². The van der Waals surface area contributed by atoms with Gasteiger partial charge in [0.05, 0.1) is 16.1 Å². The van der Waals surface area contributed by atoms with E-state index in [-0.39, 0.29) is 17.1 Å². The summed E-state index contributed by atoms with van der Waals surface area (Å²) in [5, 5.41) is 1.91. The number of carbonyl (C=O) groups is 1. The smallest absolute Gasteiger partial charge is 0.338 e. The lowest BCUT2D eigenvalue weighted by Gasteiger charge is -2.19. The maximum Gasteiger partial charge on any atom is 0.338 e. The molecule has 0 bridgehead atoms. The number of rotatable bonds is 5. The van der Waals surface area contributed by atoms with Gasteiger partial charge >= 0.3 is 5.97 Å². The van der Waals surface area contributed by atoms with Crippen molar-refractivity contribution in [1.29, 1.82) is 0 Å². The summed E-state index contributed by atoms with van der Waals surface area (Å²) in [5.41, 5.74) is 1.93. The molecule has 27 heavy (non-hydrogen) atoms. The highest BCUT2D eigenvalue weighted by molar-refractivity contribution is 7.92. The van der Waals surface area contributed by atoms with E-state index in [1.807, 2.05) is 35.7 Å². The Morgan fingerprint density at radius 3 is 2.74 bits per heavy atom. The van der Waals surface area contributed by atoms with E-state index in [4.69, 9.17) is 4.74 Å². The lowest BCUT2D eigenvalue weighted by atomic mass is 10.2. The summed E-state index contributed by atoms with van der Waals surface area (Å²) >= 11 is 1.50. The van der Waals surface area contributed by atoms with Gasteiger partial charge in [-0.15, -0.1) is 11.3 Å². The number of carbonyl (C=O) groups excluding carboxylic acids is 1. The molecular weight excluding hydrogens is 382 g/mol. The largest absolute Gasteiger partial charge is 0.456 e. The number of ether oxygens (including phenoxy) is 1. The molecule has 0 atom stereocenters. The lowest BCUT2D eigenvalue weighted by molar-refractivity contribution is 0.0476. The Morgan fingerprint density at radius 2 is 1.93 bits per heavy atom. The first-order chi connectivity index (χ1) is 13.1. The number of esters is 1. The highest BCUT2D eigenvalue weighted by Crippen LogP contribution is 2.32. The average molecular weight is 399 g/mol. The molecule has 1 aliphatic heterocycles. The quantitative estimate of drug-likeness (QED) is 0.611. The molecule has 0 fully saturated rings. The Bertz CT molecular complexity index is 1070. The van der Waals surface area contributed by atoms with Gasteiger partial charge in [0.15, 0.2) is 0 Å². The molecule has 3 aromatic rings. The third-order valence-corrected chi connectivity index (χ3v) is 7.09. The summed E-state index contributed by atoms with van der Waals surface area (Å²) < 4.78 is 32.9. The number of sulfonamides is 1. The molecule has 0 N–H and O–H groups in total. The number of hydrogen-bond donors (Lipinski definition) is 0. The molecule has 4 rings (SSSR count). The number of anilines is 1. The molecule has 1 aromatic heterocycles. The van der Waals surface area contributed by atoms with Gasteiger partial charge in [-0.1, -0.05) is 30.3 Å². The lowest BCUT2D eigenvalue weighted by Crippen LogP contribution is -2.29. The summed E-state index contributed by atoms with van der Waals surface area (Å²) in [5.74, 6) is -0.540. The molecule has 7 heteroatoms. The predicted octanol–water partition coefficient (Wildman–Crippen LogP) is 3.86. The van der Waals surface area contributed by atoms with Crippen LogP contribution >= 0.6 is 11.3 Å². The second-order valence-electron chi connectivity index (χ2n) is 6.14. The molecule has 0 aliphatic carbocycles. The van der Waals surface area contributed by atoms with Gasteiger partial charge < -0.3 is 4.74 Å². The van der Waals surface area contributed by atoms with E-state index in [1.54, 1.807) is 18.2 Å². The zero-order valence-corrected chi connectivity index (χ0v) is 16.0. The number of nitrogens with zero attached hydrogens (tertiary/aromatic N) is 1. The van der Waals surface area contributed by atoms with Crippen molar-refractivity contribution >= 4 is 33.0 Å². The molecule has 0 spiro atoms. The monoisotopic (exact) mass is 399 g/mol. The normalized spacial score (nSPS) is 13.4. The van der Waals surface area contributed by atoms with E-state index in [0.29, 0.717) is 18.7 Å². The molecule has 0 saturated heterocycles. The minimum Gasteiger partial charge on any atom is -0.456 e. The van der Waals surface area contributed by atoms with Crippen molar-refractivity contribution in [2.45, 2.75) is 17.9 Å². The van der Waals surface area contributed by atoms with Crippen molar-refractivity contribution < 1.29 is 17.9 Å². The summed E-state index contributed by atoms with van der Waals surface area (Å²) in [6.45, 7) is 0.571. The van der Waals surface area contributed by atoms with Gasteiger partial charge in [0.25, 0.3) is 10.0 Å². The van der Waals surface area contributed by atoms with E-state index in [1.165, 1.54) is 27.8 Å². The van der Waals surface area contributed by atoms with Crippen LogP contribution in [0.25, 0.3) is 0 Å². The SMILES string of the molecule is O=C(OCc1cccs1)c1cccc(S(=O)(=O)N2CCc3ccccc32)c1. The fourth-order valence-corrected chi connectivity index (χ4v) is 5.25. The van der Waals surface area contributed by atoms with Crippen LogP contribution in [0, 0.1) is 0 Å². The van der Waals surface area contributed by atoms with Gasteiger partial charge in [-0.2, -0.15) is 0 Å². The number of para-hydroxylation sites is 1. The Kier molecular flexibility index (Phi) is 4.72. The maximum atomic E-state index is 13.1. The topological polar surface area (TPSA) is 63.7 Å². The standard InChI is InChI=1S/C20H17NO4S2/c22-20(25-14-17-7-4-12-26-17)16-6-3-8-18(13-16)27(23,24)21-11-10-15-5-1-2-9-19(15)21/h1-9,12-13H,10-11,14H2. The zero-order valence-electron chi connectivity index (χ0n) is 14.4. The number of hydrogen-bond acceptors (Lipinski definition) is 5. The Hall–Kier alpha value is -2.64. The van der Waals surface area contributed by atoms with E-state index in [2.05, 4.69) is 0 Å². The molecule has 0 amide bonds. The van der Waals surface area contributed by atoms with Crippen LogP contribution in [0.3, 0.4) is 0 Å². The molecule has 0 radical (unpaired) electrons. The number of thiophene rings is 1. The van der Waals surface area contributed by atoms with Gasteiger partial charge in [-0.05, 0) is 47.7 Å². The van der Waals surface area contributed by atoms with Crippen LogP contribution in [0.2, 0.25) is 0 Å². The maximum absolute atomic E-state index is 13.1. The second-order valence-corrected chi connectivity index (χ2v) is 9.03. The van der Waals surface area contributed by atoms with Crippen LogP contribution in [0.5, 0.6) is 0 Å². The van der Waals surface area contributed by atoms with E-state index >= 15 is 0 Å². The van der Waals surface area contributed by atoms with Crippen molar-refractivity contribution in [3.8, 4) is 0 Å². The molecule has 5 nitrogen and oxygen atoms in total. The highest BCUT2D eigenvalue weighted by Gasteiger charge is 2.31. The van der Waals surface area contributed by atoms with Gasteiger partial charge in [0.1, 0.15) is 6.61 Å². The molecule has 2 aromatic carbocycles. The van der Waals surface area contributed by atoms with Crippen LogP contribution in [0.15, 0.2) is 70.9 Å². The molecule has 1 aliphatic rings. The van der Waals surface area contributed by atoms with E-state index in [9.17, 15) is 13.2 Å².